The molecule has 4 aromatic heterocycles. The Morgan fingerprint density at radius 1 is 1.17 bits per heavy atom. The standard InChI is InChI=1S/C23H22BrN9OS/c24-19-13-27-23(35-19)22(34)29-14-4-3-5-15(10-14)33-18-11-20(32-9-8-28-31-32)26-12-17(18)30-21(33)16-6-1-2-7-25-16/h1-2,6-9,11-15,21,30H,3-5,10H2,(H,29,34). The van der Waals surface area contributed by atoms with Crippen molar-refractivity contribution in [2.24, 2.45) is 0 Å². The normalized spacial score (nSPS) is 21.4. The Hall–Kier alpha value is -3.38. The molecule has 1 aliphatic carbocycles. The molecular weight excluding hydrogens is 530 g/mol. The van der Waals surface area contributed by atoms with Crippen molar-refractivity contribution in [1.29, 1.82) is 0 Å². The van der Waals surface area contributed by atoms with Gasteiger partial charge in [0.2, 0.25) is 0 Å². The van der Waals surface area contributed by atoms with Crippen molar-refractivity contribution in [1.82, 2.24) is 35.3 Å². The largest absolute Gasteiger partial charge is 0.357 e. The topological polar surface area (TPSA) is 114 Å². The molecule has 1 fully saturated rings. The summed E-state index contributed by atoms with van der Waals surface area (Å²) in [5.41, 5.74) is 2.93. The minimum atomic E-state index is -0.131. The van der Waals surface area contributed by atoms with Crippen LogP contribution < -0.4 is 15.5 Å². The molecule has 1 aliphatic heterocycles. The molecule has 1 amide bonds. The molecule has 1 saturated carbocycles. The van der Waals surface area contributed by atoms with E-state index in [2.05, 4.69) is 56.7 Å². The molecular formula is C23H22BrN9OS. The quantitative estimate of drug-likeness (QED) is 0.383. The molecule has 0 saturated heterocycles. The molecule has 2 N–H and O–H groups in total. The lowest BCUT2D eigenvalue weighted by molar-refractivity contribution is 0.0924. The van der Waals surface area contributed by atoms with Crippen LogP contribution in [0, 0.1) is 0 Å². The fraction of sp³-hybridized carbons (Fsp3) is 0.304. The summed E-state index contributed by atoms with van der Waals surface area (Å²) in [5, 5.41) is 15.3. The summed E-state index contributed by atoms with van der Waals surface area (Å²) in [6, 6.07) is 8.25. The first-order valence-electron chi connectivity index (χ1n) is 11.4. The number of fused-ring (bicyclic) bond motifs is 1. The van der Waals surface area contributed by atoms with E-state index in [-0.39, 0.29) is 24.2 Å². The van der Waals surface area contributed by atoms with Gasteiger partial charge < -0.3 is 15.5 Å². The molecule has 12 heteroatoms. The lowest BCUT2D eigenvalue weighted by Crippen LogP contribution is -2.47. The van der Waals surface area contributed by atoms with Crippen molar-refractivity contribution in [2.45, 2.75) is 43.9 Å². The van der Waals surface area contributed by atoms with Crippen molar-refractivity contribution < 1.29 is 4.79 Å². The zero-order valence-electron chi connectivity index (χ0n) is 18.6. The van der Waals surface area contributed by atoms with Gasteiger partial charge in [0.1, 0.15) is 6.17 Å². The summed E-state index contributed by atoms with van der Waals surface area (Å²) < 4.78 is 2.50. The molecule has 35 heavy (non-hydrogen) atoms. The molecule has 10 nitrogen and oxygen atoms in total. The second kappa shape index (κ2) is 9.34. The number of pyridine rings is 2. The van der Waals surface area contributed by atoms with Gasteiger partial charge in [-0.1, -0.05) is 11.3 Å². The maximum absolute atomic E-state index is 12.8. The number of carbonyl (C=O) groups is 1. The van der Waals surface area contributed by atoms with Gasteiger partial charge in [-0.3, -0.25) is 9.78 Å². The SMILES string of the molecule is O=C(NC1CCCC(N2c3cc(-n4ccnn4)ncc3NC2c2ccccn2)C1)c1ncc(Br)s1. The van der Waals surface area contributed by atoms with Crippen LogP contribution in [0.1, 0.15) is 47.3 Å². The summed E-state index contributed by atoms with van der Waals surface area (Å²) in [7, 11) is 0. The maximum atomic E-state index is 12.8. The van der Waals surface area contributed by atoms with E-state index in [0.29, 0.717) is 10.8 Å². The van der Waals surface area contributed by atoms with E-state index in [0.717, 1.165) is 46.5 Å². The van der Waals surface area contributed by atoms with Crippen molar-refractivity contribution in [3.05, 3.63) is 69.7 Å². The van der Waals surface area contributed by atoms with Gasteiger partial charge in [-0.25, -0.2) is 14.6 Å². The van der Waals surface area contributed by atoms with Crippen molar-refractivity contribution in [3.8, 4) is 5.82 Å². The summed E-state index contributed by atoms with van der Waals surface area (Å²) in [6.07, 6.45) is 12.4. The molecule has 0 radical (unpaired) electrons. The molecule has 4 aromatic rings. The first-order valence-corrected chi connectivity index (χ1v) is 13.0. The van der Waals surface area contributed by atoms with E-state index < -0.39 is 0 Å². The minimum Gasteiger partial charge on any atom is -0.357 e. The molecule has 0 bridgehead atoms. The zero-order valence-corrected chi connectivity index (χ0v) is 21.0. The number of nitrogens with zero attached hydrogens (tertiary/aromatic N) is 7. The number of carbonyl (C=O) groups excluding carboxylic acids is 1. The van der Waals surface area contributed by atoms with Crippen LogP contribution in [0.15, 0.2) is 59.0 Å². The third-order valence-electron chi connectivity index (χ3n) is 6.39. The summed E-state index contributed by atoms with van der Waals surface area (Å²) in [6.45, 7) is 0. The van der Waals surface area contributed by atoms with Crippen LogP contribution in [0.25, 0.3) is 5.82 Å². The first kappa shape index (κ1) is 22.1. The third-order valence-corrected chi connectivity index (χ3v) is 7.86. The molecule has 178 valence electrons. The first-order chi connectivity index (χ1) is 17.2. The van der Waals surface area contributed by atoms with Gasteiger partial charge in [-0.15, -0.1) is 16.4 Å². The van der Waals surface area contributed by atoms with Gasteiger partial charge in [0.05, 0.1) is 45.6 Å². The Morgan fingerprint density at radius 3 is 2.89 bits per heavy atom. The number of anilines is 2. The van der Waals surface area contributed by atoms with Gasteiger partial charge in [0.25, 0.3) is 5.91 Å². The predicted molar refractivity (Wildman–Crippen MR) is 136 cm³/mol. The summed E-state index contributed by atoms with van der Waals surface area (Å²) >= 11 is 4.73. The number of aromatic nitrogens is 6. The van der Waals surface area contributed by atoms with Crippen LogP contribution in [0.5, 0.6) is 0 Å². The highest BCUT2D eigenvalue weighted by Gasteiger charge is 2.39. The molecule has 3 atom stereocenters. The Kier molecular flexibility index (Phi) is 5.90. The average Bonchev–Trinajstić information content (AvgIpc) is 3.64. The van der Waals surface area contributed by atoms with E-state index in [1.165, 1.54) is 11.3 Å². The van der Waals surface area contributed by atoms with E-state index in [1.807, 2.05) is 36.7 Å². The van der Waals surface area contributed by atoms with Crippen LogP contribution in [0.4, 0.5) is 11.4 Å². The van der Waals surface area contributed by atoms with Gasteiger partial charge in [0.15, 0.2) is 10.8 Å². The number of thiazole rings is 1. The number of rotatable bonds is 5. The van der Waals surface area contributed by atoms with E-state index in [9.17, 15) is 4.79 Å². The molecule has 2 aliphatic rings. The maximum Gasteiger partial charge on any atom is 0.280 e. The minimum absolute atomic E-state index is 0.0639. The van der Waals surface area contributed by atoms with Crippen molar-refractivity contribution in [2.75, 3.05) is 10.2 Å². The second-order valence-corrected chi connectivity index (χ2v) is 11.0. The third kappa shape index (κ3) is 4.39. The monoisotopic (exact) mass is 551 g/mol. The summed E-state index contributed by atoms with van der Waals surface area (Å²) in [4.78, 5) is 28.6. The van der Waals surface area contributed by atoms with E-state index in [1.54, 1.807) is 23.3 Å². The second-order valence-electron chi connectivity index (χ2n) is 8.58. The van der Waals surface area contributed by atoms with Crippen LogP contribution in [0.3, 0.4) is 0 Å². The average molecular weight is 552 g/mol. The number of amides is 1. The highest BCUT2D eigenvalue weighted by Crippen LogP contribution is 2.44. The van der Waals surface area contributed by atoms with Gasteiger partial charge in [0, 0.05) is 24.3 Å². The highest BCUT2D eigenvalue weighted by molar-refractivity contribution is 9.11. The van der Waals surface area contributed by atoms with E-state index >= 15 is 0 Å². The molecule has 5 heterocycles. The van der Waals surface area contributed by atoms with Crippen LogP contribution in [-0.4, -0.2) is 47.9 Å². The summed E-state index contributed by atoms with van der Waals surface area (Å²) in [5.74, 6) is 0.579. The van der Waals surface area contributed by atoms with Crippen LogP contribution >= 0.6 is 27.3 Å². The number of halogens is 1. The van der Waals surface area contributed by atoms with Crippen molar-refractivity contribution >= 4 is 44.5 Å². The lowest BCUT2D eigenvalue weighted by Gasteiger charge is -2.39. The Bertz CT molecular complexity index is 1330. The van der Waals surface area contributed by atoms with Crippen molar-refractivity contribution in [3.63, 3.8) is 0 Å². The van der Waals surface area contributed by atoms with Crippen LogP contribution in [-0.2, 0) is 0 Å². The number of nitrogens with one attached hydrogen (secondary N) is 2. The lowest BCUT2D eigenvalue weighted by atomic mass is 9.89. The molecule has 0 aromatic carbocycles. The Labute approximate surface area is 213 Å². The van der Waals surface area contributed by atoms with Gasteiger partial charge in [-0.2, -0.15) is 0 Å². The predicted octanol–water partition coefficient (Wildman–Crippen LogP) is 3.95. The molecule has 3 unspecified atom stereocenters. The highest BCUT2D eigenvalue weighted by atomic mass is 79.9. The van der Waals surface area contributed by atoms with Crippen LogP contribution in [0.2, 0.25) is 0 Å². The fourth-order valence-corrected chi connectivity index (χ4v) is 6.00. The molecule has 0 spiro atoms. The Balaban J connectivity index is 1.30. The van der Waals surface area contributed by atoms with Gasteiger partial charge >= 0.3 is 0 Å². The smallest absolute Gasteiger partial charge is 0.280 e. The Morgan fingerprint density at radius 2 is 2.11 bits per heavy atom. The fourth-order valence-electron chi connectivity index (χ4n) is 4.89. The molecule has 6 rings (SSSR count). The van der Waals surface area contributed by atoms with E-state index in [4.69, 9.17) is 0 Å². The zero-order chi connectivity index (χ0) is 23.8. The number of hydrogen-bond donors (Lipinski definition) is 2. The van der Waals surface area contributed by atoms with Gasteiger partial charge in [-0.05, 0) is 53.7 Å². The number of hydrogen-bond acceptors (Lipinski definition) is 9.